The third-order valence-electron chi connectivity index (χ3n) is 5.93. The fourth-order valence-electron chi connectivity index (χ4n) is 4.25. The molecule has 2 N–H and O–H groups in total. The molecule has 5 nitrogen and oxygen atoms in total. The maximum atomic E-state index is 11.5. The number of amidine groups is 1. The zero-order valence-corrected chi connectivity index (χ0v) is 19.9. The predicted octanol–water partition coefficient (Wildman–Crippen LogP) is 6.08. The van der Waals surface area contributed by atoms with Crippen LogP contribution in [0.2, 0.25) is 0 Å². The number of allylic oxidation sites excluding steroid dienone is 2. The first-order chi connectivity index (χ1) is 14.6. The fraction of sp³-hybridized carbons (Fsp3) is 0.840. The highest BCUT2D eigenvalue weighted by Gasteiger charge is 2.41. The SMILES string of the molecule is CCCCCCCC/C=C\CCCCCCCCC1=NCC[N+]1(CCN)OC(C)=O. The molecular formula is C25H48N3O2+. The highest BCUT2D eigenvalue weighted by atomic mass is 16.7. The maximum absolute atomic E-state index is 11.5. The quantitative estimate of drug-likeness (QED) is 0.156. The number of hydrogen-bond acceptors (Lipinski definition) is 4. The van der Waals surface area contributed by atoms with Crippen LogP contribution in [0.15, 0.2) is 17.1 Å². The van der Waals surface area contributed by atoms with Crippen LogP contribution in [-0.2, 0) is 9.63 Å². The number of nitrogens with two attached hydrogens (primary N) is 1. The monoisotopic (exact) mass is 422 g/mol. The summed E-state index contributed by atoms with van der Waals surface area (Å²) in [6, 6.07) is 0. The average Bonchev–Trinajstić information content (AvgIpc) is 3.09. The van der Waals surface area contributed by atoms with Gasteiger partial charge in [0.15, 0.2) is 0 Å². The van der Waals surface area contributed by atoms with Gasteiger partial charge in [-0.2, -0.15) is 0 Å². The van der Waals surface area contributed by atoms with Crippen molar-refractivity contribution in [1.29, 1.82) is 0 Å². The minimum atomic E-state index is -0.251. The molecule has 0 amide bonds. The first-order valence-electron chi connectivity index (χ1n) is 12.6. The van der Waals surface area contributed by atoms with Crippen molar-refractivity contribution >= 4 is 11.8 Å². The molecule has 1 rings (SSSR count). The summed E-state index contributed by atoms with van der Waals surface area (Å²) in [7, 11) is 0. The summed E-state index contributed by atoms with van der Waals surface area (Å²) in [5.74, 6) is 0.755. The molecule has 5 heteroatoms. The topological polar surface area (TPSA) is 64.7 Å². The molecule has 1 aliphatic rings. The first kappa shape index (κ1) is 26.8. The van der Waals surface area contributed by atoms with Crippen LogP contribution in [0.3, 0.4) is 0 Å². The number of aliphatic imine (C=N–C) groups is 1. The Morgan fingerprint density at radius 2 is 1.53 bits per heavy atom. The van der Waals surface area contributed by atoms with Crippen LogP contribution in [0.5, 0.6) is 0 Å². The molecule has 0 bridgehead atoms. The van der Waals surface area contributed by atoms with Gasteiger partial charge in [0.1, 0.15) is 13.1 Å². The maximum Gasteiger partial charge on any atom is 0.364 e. The summed E-state index contributed by atoms with van der Waals surface area (Å²) in [4.78, 5) is 21.7. The van der Waals surface area contributed by atoms with E-state index >= 15 is 0 Å². The number of rotatable bonds is 19. The van der Waals surface area contributed by atoms with Gasteiger partial charge in [-0.25, -0.2) is 9.79 Å². The Balaban J connectivity index is 2.00. The van der Waals surface area contributed by atoms with Gasteiger partial charge in [-0.1, -0.05) is 81.5 Å². The van der Waals surface area contributed by atoms with Crippen LogP contribution in [0.4, 0.5) is 0 Å². The zero-order chi connectivity index (χ0) is 21.9. The zero-order valence-electron chi connectivity index (χ0n) is 19.9. The van der Waals surface area contributed by atoms with Gasteiger partial charge >= 0.3 is 5.97 Å². The van der Waals surface area contributed by atoms with E-state index in [0.717, 1.165) is 31.8 Å². The second kappa shape index (κ2) is 17.5. The molecule has 0 saturated carbocycles. The van der Waals surface area contributed by atoms with Crippen LogP contribution in [0, 0.1) is 0 Å². The summed E-state index contributed by atoms with van der Waals surface area (Å²) in [6.45, 7) is 6.34. The van der Waals surface area contributed by atoms with E-state index < -0.39 is 0 Å². The van der Waals surface area contributed by atoms with E-state index in [-0.39, 0.29) is 10.6 Å². The van der Waals surface area contributed by atoms with E-state index in [0.29, 0.717) is 13.1 Å². The molecule has 0 aromatic rings. The molecular weight excluding hydrogens is 374 g/mol. The molecule has 0 radical (unpaired) electrons. The third-order valence-corrected chi connectivity index (χ3v) is 5.93. The van der Waals surface area contributed by atoms with E-state index in [1.165, 1.54) is 90.4 Å². The van der Waals surface area contributed by atoms with Crippen molar-refractivity contribution in [3.8, 4) is 0 Å². The Morgan fingerprint density at radius 3 is 2.10 bits per heavy atom. The highest BCUT2D eigenvalue weighted by Crippen LogP contribution is 2.21. The standard InChI is InChI=1S/C25H48N3O2/c1-3-4-5-6-7-8-9-10-11-12-13-14-15-16-17-18-19-25-27-21-23-28(25,22-20-26)30-24(2)29/h10-11H,3-9,12-23,26H2,1-2H3/q+1/b11-10-. The molecule has 0 aromatic carbocycles. The number of nitrogens with zero attached hydrogens (tertiary/aromatic N) is 2. The van der Waals surface area contributed by atoms with Crippen molar-refractivity contribution in [2.24, 2.45) is 10.7 Å². The normalized spacial score (nSPS) is 18.8. The molecule has 0 saturated heterocycles. The summed E-state index contributed by atoms with van der Waals surface area (Å²) in [5.41, 5.74) is 5.76. The van der Waals surface area contributed by atoms with E-state index in [4.69, 9.17) is 10.6 Å². The molecule has 1 heterocycles. The molecule has 30 heavy (non-hydrogen) atoms. The van der Waals surface area contributed by atoms with Crippen molar-refractivity contribution in [1.82, 2.24) is 0 Å². The van der Waals surface area contributed by atoms with Crippen LogP contribution in [0.25, 0.3) is 0 Å². The Hall–Kier alpha value is -1.20. The van der Waals surface area contributed by atoms with Gasteiger partial charge in [-0.15, -0.1) is 0 Å². The second-order valence-electron chi connectivity index (χ2n) is 8.69. The summed E-state index contributed by atoms with van der Waals surface area (Å²) in [5, 5.41) is 0. The van der Waals surface area contributed by atoms with E-state index in [1.807, 2.05) is 0 Å². The van der Waals surface area contributed by atoms with Gasteiger partial charge in [0, 0.05) is 19.9 Å². The van der Waals surface area contributed by atoms with Gasteiger partial charge in [-0.3, -0.25) is 4.84 Å². The van der Waals surface area contributed by atoms with Gasteiger partial charge in [0.05, 0.1) is 6.54 Å². The molecule has 174 valence electrons. The van der Waals surface area contributed by atoms with Crippen molar-refractivity contribution < 1.29 is 14.3 Å². The van der Waals surface area contributed by atoms with Gasteiger partial charge < -0.3 is 5.73 Å². The van der Waals surface area contributed by atoms with Crippen molar-refractivity contribution in [3.05, 3.63) is 12.2 Å². The minimum Gasteiger partial charge on any atom is -0.325 e. The third kappa shape index (κ3) is 11.8. The molecule has 1 aliphatic heterocycles. The molecule has 0 spiro atoms. The number of hydroxylamine groups is 3. The lowest BCUT2D eigenvalue weighted by Gasteiger charge is -2.29. The smallest absolute Gasteiger partial charge is 0.325 e. The molecule has 1 atom stereocenters. The Labute approximate surface area is 185 Å². The molecule has 0 aliphatic carbocycles. The summed E-state index contributed by atoms with van der Waals surface area (Å²) in [6.07, 6.45) is 24.0. The highest BCUT2D eigenvalue weighted by molar-refractivity contribution is 5.77. The Kier molecular flexibility index (Phi) is 15.6. The summed E-state index contributed by atoms with van der Waals surface area (Å²) < 4.78 is 0.233. The largest absolute Gasteiger partial charge is 0.364 e. The molecule has 0 fully saturated rings. The predicted molar refractivity (Wildman–Crippen MR) is 127 cm³/mol. The fourth-order valence-corrected chi connectivity index (χ4v) is 4.25. The first-order valence-corrected chi connectivity index (χ1v) is 12.6. The van der Waals surface area contributed by atoms with Gasteiger partial charge in [0.25, 0.3) is 0 Å². The lowest BCUT2D eigenvalue weighted by Crippen LogP contribution is -2.54. The number of hydrogen-bond donors (Lipinski definition) is 1. The van der Waals surface area contributed by atoms with E-state index in [1.54, 1.807) is 0 Å². The van der Waals surface area contributed by atoms with Crippen molar-refractivity contribution in [2.75, 3.05) is 26.2 Å². The summed E-state index contributed by atoms with van der Waals surface area (Å²) >= 11 is 0. The number of unbranched alkanes of at least 4 members (excludes halogenated alkanes) is 12. The number of quaternary nitrogens is 1. The second-order valence-corrected chi connectivity index (χ2v) is 8.69. The Morgan fingerprint density at radius 1 is 0.967 bits per heavy atom. The Bertz CT molecular complexity index is 505. The van der Waals surface area contributed by atoms with Gasteiger partial charge in [-0.05, 0) is 32.1 Å². The van der Waals surface area contributed by atoms with E-state index in [2.05, 4.69) is 24.1 Å². The number of carbonyl (C=O) groups excluding carboxylic acids is 1. The van der Waals surface area contributed by atoms with Crippen molar-refractivity contribution in [2.45, 2.75) is 110 Å². The lowest BCUT2D eigenvalue weighted by atomic mass is 10.1. The van der Waals surface area contributed by atoms with Crippen LogP contribution in [0.1, 0.15) is 110 Å². The minimum absolute atomic E-state index is 0.233. The average molecular weight is 423 g/mol. The van der Waals surface area contributed by atoms with Crippen LogP contribution < -0.4 is 5.73 Å². The van der Waals surface area contributed by atoms with Crippen LogP contribution in [-0.4, -0.2) is 42.6 Å². The van der Waals surface area contributed by atoms with Crippen molar-refractivity contribution in [3.63, 3.8) is 0 Å². The lowest BCUT2D eigenvalue weighted by molar-refractivity contribution is -1.01. The van der Waals surface area contributed by atoms with E-state index in [9.17, 15) is 4.79 Å². The number of carbonyl (C=O) groups is 1. The van der Waals surface area contributed by atoms with Gasteiger partial charge in [0.2, 0.25) is 5.84 Å². The molecule has 0 aromatic heterocycles. The molecule has 1 unspecified atom stereocenters. The van der Waals surface area contributed by atoms with Crippen LogP contribution >= 0.6 is 0 Å².